The summed E-state index contributed by atoms with van der Waals surface area (Å²) in [6, 6.07) is 10.3. The van der Waals surface area contributed by atoms with Gasteiger partial charge in [0.25, 0.3) is 0 Å². The van der Waals surface area contributed by atoms with Crippen LogP contribution in [-0.2, 0) is 0 Å². The van der Waals surface area contributed by atoms with E-state index in [2.05, 4.69) is 40.0 Å². The second kappa shape index (κ2) is 6.77. The predicted molar refractivity (Wildman–Crippen MR) is 67.0 cm³/mol. The molecule has 1 aromatic carbocycles. The number of hydrogen-bond acceptors (Lipinski definition) is 2. The number of halogens is 1. The maximum absolute atomic E-state index is 8.99. The van der Waals surface area contributed by atoms with E-state index >= 15 is 0 Å². The third-order valence-corrected chi connectivity index (χ3v) is 2.44. The molecule has 0 amide bonds. The van der Waals surface area contributed by atoms with E-state index in [0.717, 1.165) is 4.48 Å². The summed E-state index contributed by atoms with van der Waals surface area (Å²) in [4.78, 5) is 0. The van der Waals surface area contributed by atoms with E-state index in [1.807, 2.05) is 18.2 Å². The molecule has 0 saturated carbocycles. The van der Waals surface area contributed by atoms with E-state index in [0.29, 0.717) is 13.0 Å². The van der Waals surface area contributed by atoms with Crippen molar-refractivity contribution >= 4 is 15.9 Å². The van der Waals surface area contributed by atoms with Crippen LogP contribution < -0.4 is 5.32 Å². The highest BCUT2D eigenvalue weighted by atomic mass is 79.9. The van der Waals surface area contributed by atoms with Crippen LogP contribution in [0.5, 0.6) is 0 Å². The molecule has 0 heterocycles. The lowest BCUT2D eigenvalue weighted by molar-refractivity contribution is 0.267. The molecule has 0 spiro atoms. The van der Waals surface area contributed by atoms with Crippen molar-refractivity contribution < 1.29 is 5.11 Å². The van der Waals surface area contributed by atoms with Gasteiger partial charge in [-0.15, -0.1) is 0 Å². The number of aliphatic hydroxyl groups excluding tert-OH is 1. The molecule has 1 atom stereocenters. The molecule has 1 aromatic rings. The first-order chi connectivity index (χ1) is 7.24. The molecular weight excluding hydrogens is 254 g/mol. The van der Waals surface area contributed by atoms with Crippen LogP contribution in [0.25, 0.3) is 0 Å². The van der Waals surface area contributed by atoms with E-state index in [1.165, 1.54) is 5.56 Å². The minimum Gasteiger partial charge on any atom is -0.396 e. The molecular formula is C12H16BrNO. The molecule has 2 nitrogen and oxygen atoms in total. The minimum absolute atomic E-state index is 0.182. The second-order valence-electron chi connectivity index (χ2n) is 3.37. The molecule has 0 fully saturated rings. The summed E-state index contributed by atoms with van der Waals surface area (Å²) in [5.74, 6) is 0. The SMILES string of the molecule is C=C(Br)CN[C@H](CCO)c1ccccc1. The third-order valence-electron chi connectivity index (χ3n) is 2.16. The van der Waals surface area contributed by atoms with Crippen molar-refractivity contribution in [3.05, 3.63) is 47.0 Å². The van der Waals surface area contributed by atoms with Gasteiger partial charge in [-0.2, -0.15) is 0 Å². The van der Waals surface area contributed by atoms with Crippen molar-refractivity contribution in [2.75, 3.05) is 13.2 Å². The minimum atomic E-state index is 0.182. The number of nitrogens with one attached hydrogen (secondary N) is 1. The van der Waals surface area contributed by atoms with Gasteiger partial charge in [-0.1, -0.05) is 52.8 Å². The zero-order valence-electron chi connectivity index (χ0n) is 8.62. The van der Waals surface area contributed by atoms with Crippen LogP contribution >= 0.6 is 15.9 Å². The smallest absolute Gasteiger partial charge is 0.0449 e. The molecule has 0 aliphatic heterocycles. The first-order valence-electron chi connectivity index (χ1n) is 4.96. The standard InChI is InChI=1S/C12H16BrNO/c1-10(13)9-14-12(7-8-15)11-5-3-2-4-6-11/h2-6,12,14-15H,1,7-9H2/t12-/m1/s1. The summed E-state index contributed by atoms with van der Waals surface area (Å²) in [6.45, 7) is 4.66. The Hall–Kier alpha value is -0.640. The van der Waals surface area contributed by atoms with Gasteiger partial charge in [0.1, 0.15) is 0 Å². The number of benzene rings is 1. The average Bonchev–Trinajstić information content (AvgIpc) is 2.25. The fourth-order valence-electron chi connectivity index (χ4n) is 1.43. The third kappa shape index (κ3) is 4.60. The first kappa shape index (κ1) is 12.4. The fourth-order valence-corrected chi connectivity index (χ4v) is 1.60. The normalized spacial score (nSPS) is 12.4. The molecule has 0 unspecified atom stereocenters. The summed E-state index contributed by atoms with van der Waals surface area (Å²) in [5.41, 5.74) is 1.19. The quantitative estimate of drug-likeness (QED) is 0.832. The lowest BCUT2D eigenvalue weighted by Gasteiger charge is -2.17. The van der Waals surface area contributed by atoms with Crippen molar-refractivity contribution in [3.8, 4) is 0 Å². The average molecular weight is 270 g/mol. The Kier molecular flexibility index (Phi) is 5.61. The van der Waals surface area contributed by atoms with E-state index in [4.69, 9.17) is 5.11 Å². The Balaban J connectivity index is 2.61. The molecule has 15 heavy (non-hydrogen) atoms. The Morgan fingerprint density at radius 2 is 2.07 bits per heavy atom. The summed E-state index contributed by atoms with van der Waals surface area (Å²) in [6.07, 6.45) is 0.713. The van der Waals surface area contributed by atoms with Gasteiger partial charge in [0.05, 0.1) is 0 Å². The van der Waals surface area contributed by atoms with E-state index < -0.39 is 0 Å². The largest absolute Gasteiger partial charge is 0.396 e. The number of hydrogen-bond donors (Lipinski definition) is 2. The summed E-state index contributed by atoms with van der Waals surface area (Å²) >= 11 is 3.31. The maximum atomic E-state index is 8.99. The van der Waals surface area contributed by atoms with Crippen molar-refractivity contribution in [2.45, 2.75) is 12.5 Å². The molecule has 82 valence electrons. The Morgan fingerprint density at radius 3 is 2.60 bits per heavy atom. The Labute approximate surface area is 99.1 Å². The van der Waals surface area contributed by atoms with Crippen LogP contribution in [0.3, 0.4) is 0 Å². The lowest BCUT2D eigenvalue weighted by atomic mass is 10.0. The summed E-state index contributed by atoms with van der Waals surface area (Å²) in [7, 11) is 0. The molecule has 0 bridgehead atoms. The number of rotatable bonds is 6. The summed E-state index contributed by atoms with van der Waals surface area (Å²) < 4.78 is 0.918. The van der Waals surface area contributed by atoms with Crippen LogP contribution in [-0.4, -0.2) is 18.3 Å². The van der Waals surface area contributed by atoms with Crippen LogP contribution in [0, 0.1) is 0 Å². The highest BCUT2D eigenvalue weighted by Gasteiger charge is 2.09. The molecule has 2 N–H and O–H groups in total. The zero-order chi connectivity index (χ0) is 11.1. The predicted octanol–water partition coefficient (Wildman–Crippen LogP) is 2.61. The maximum Gasteiger partial charge on any atom is 0.0449 e. The van der Waals surface area contributed by atoms with Gasteiger partial charge in [0.15, 0.2) is 0 Å². The first-order valence-corrected chi connectivity index (χ1v) is 5.76. The molecule has 0 radical (unpaired) electrons. The summed E-state index contributed by atoms with van der Waals surface area (Å²) in [5, 5.41) is 12.3. The molecule has 1 rings (SSSR count). The number of aliphatic hydroxyl groups is 1. The molecule has 0 aliphatic carbocycles. The highest BCUT2D eigenvalue weighted by molar-refractivity contribution is 9.11. The van der Waals surface area contributed by atoms with Gasteiger partial charge in [0.2, 0.25) is 0 Å². The van der Waals surface area contributed by atoms with Crippen LogP contribution in [0.15, 0.2) is 41.4 Å². The van der Waals surface area contributed by atoms with Gasteiger partial charge in [-0.25, -0.2) is 0 Å². The Morgan fingerprint density at radius 1 is 1.40 bits per heavy atom. The topological polar surface area (TPSA) is 32.3 Å². The molecule has 3 heteroatoms. The van der Waals surface area contributed by atoms with E-state index in [9.17, 15) is 0 Å². The van der Waals surface area contributed by atoms with Crippen LogP contribution in [0.4, 0.5) is 0 Å². The van der Waals surface area contributed by atoms with E-state index in [-0.39, 0.29) is 12.6 Å². The van der Waals surface area contributed by atoms with Crippen molar-refractivity contribution in [1.82, 2.24) is 5.32 Å². The van der Waals surface area contributed by atoms with Gasteiger partial charge in [-0.3, -0.25) is 0 Å². The molecule has 0 aliphatic rings. The van der Waals surface area contributed by atoms with E-state index in [1.54, 1.807) is 0 Å². The van der Waals surface area contributed by atoms with Gasteiger partial charge >= 0.3 is 0 Å². The van der Waals surface area contributed by atoms with Gasteiger partial charge < -0.3 is 10.4 Å². The van der Waals surface area contributed by atoms with Crippen LogP contribution in [0.1, 0.15) is 18.0 Å². The second-order valence-corrected chi connectivity index (χ2v) is 4.50. The van der Waals surface area contributed by atoms with Crippen molar-refractivity contribution in [2.24, 2.45) is 0 Å². The van der Waals surface area contributed by atoms with Crippen molar-refractivity contribution in [1.29, 1.82) is 0 Å². The Bertz CT molecular complexity index is 300. The van der Waals surface area contributed by atoms with Crippen LogP contribution in [0.2, 0.25) is 0 Å². The fraction of sp³-hybridized carbons (Fsp3) is 0.333. The lowest BCUT2D eigenvalue weighted by Crippen LogP contribution is -2.23. The molecule has 0 saturated heterocycles. The van der Waals surface area contributed by atoms with Gasteiger partial charge in [0, 0.05) is 23.7 Å². The van der Waals surface area contributed by atoms with Crippen molar-refractivity contribution in [3.63, 3.8) is 0 Å². The van der Waals surface area contributed by atoms with Gasteiger partial charge in [-0.05, 0) is 12.0 Å². The molecule has 0 aromatic heterocycles. The monoisotopic (exact) mass is 269 g/mol. The highest BCUT2D eigenvalue weighted by Crippen LogP contribution is 2.16. The zero-order valence-corrected chi connectivity index (χ0v) is 10.2.